The number of nitrogens with one attached hydrogen (secondary N) is 1. The van der Waals surface area contributed by atoms with Gasteiger partial charge in [0, 0.05) is 20.0 Å². The summed E-state index contributed by atoms with van der Waals surface area (Å²) < 4.78 is 15.2. The third kappa shape index (κ3) is 4.37. The number of esters is 2. The molecule has 0 aromatic heterocycles. The molecule has 8 heteroatoms. The Kier molecular flexibility index (Phi) is 5.27. The van der Waals surface area contributed by atoms with E-state index >= 15 is 0 Å². The van der Waals surface area contributed by atoms with Crippen molar-refractivity contribution in [1.29, 1.82) is 0 Å². The van der Waals surface area contributed by atoms with Crippen LogP contribution in [-0.4, -0.2) is 35.9 Å². The van der Waals surface area contributed by atoms with E-state index in [9.17, 15) is 19.5 Å². The second-order valence-corrected chi connectivity index (χ2v) is 6.68. The van der Waals surface area contributed by atoms with Crippen LogP contribution in [0.1, 0.15) is 24.2 Å². The zero-order chi connectivity index (χ0) is 21.2. The van der Waals surface area contributed by atoms with Crippen LogP contribution in [0.15, 0.2) is 54.2 Å². The van der Waals surface area contributed by atoms with Gasteiger partial charge in [-0.2, -0.15) is 0 Å². The number of cyclic esters (lactones) is 2. The molecule has 1 aliphatic heterocycles. The Bertz CT molecular complexity index is 984. The second-order valence-electron chi connectivity index (χ2n) is 6.68. The number of carboxylic acids is 1. The van der Waals surface area contributed by atoms with Gasteiger partial charge in [-0.05, 0) is 35.4 Å². The predicted octanol–water partition coefficient (Wildman–Crippen LogP) is 3.19. The molecule has 3 rings (SSSR count). The SMILES string of the molecule is COc1ccc(-c2ccc(C(=O)O)c(NC=C3C(=O)OC(C)(C)OC3=O)c2)cc1. The third-order valence-electron chi connectivity index (χ3n) is 4.16. The van der Waals surface area contributed by atoms with Crippen molar-refractivity contribution in [2.75, 3.05) is 12.4 Å². The second kappa shape index (κ2) is 7.67. The topological polar surface area (TPSA) is 111 Å². The van der Waals surface area contributed by atoms with Crippen molar-refractivity contribution >= 4 is 23.6 Å². The maximum absolute atomic E-state index is 12.0. The highest BCUT2D eigenvalue weighted by atomic mass is 16.7. The molecule has 0 aliphatic carbocycles. The molecule has 0 atom stereocenters. The van der Waals surface area contributed by atoms with Gasteiger partial charge < -0.3 is 24.6 Å². The Morgan fingerprint density at radius 2 is 1.62 bits per heavy atom. The average molecular weight is 397 g/mol. The largest absolute Gasteiger partial charge is 0.497 e. The number of carbonyl (C=O) groups is 3. The van der Waals surface area contributed by atoms with Crippen LogP contribution in [-0.2, 0) is 19.1 Å². The Labute approximate surface area is 166 Å². The van der Waals surface area contributed by atoms with Gasteiger partial charge in [-0.15, -0.1) is 0 Å². The quantitative estimate of drug-likeness (QED) is 0.450. The first-order chi connectivity index (χ1) is 13.7. The predicted molar refractivity (Wildman–Crippen MR) is 103 cm³/mol. The van der Waals surface area contributed by atoms with Gasteiger partial charge >= 0.3 is 17.9 Å². The summed E-state index contributed by atoms with van der Waals surface area (Å²) in [5, 5.41) is 12.2. The van der Waals surface area contributed by atoms with E-state index in [4.69, 9.17) is 14.2 Å². The van der Waals surface area contributed by atoms with Crippen LogP contribution >= 0.6 is 0 Å². The van der Waals surface area contributed by atoms with Gasteiger partial charge in [0.25, 0.3) is 5.79 Å². The summed E-state index contributed by atoms with van der Waals surface area (Å²) in [5.41, 5.74) is 1.36. The molecule has 0 amide bonds. The summed E-state index contributed by atoms with van der Waals surface area (Å²) in [4.78, 5) is 35.7. The number of hydrogen-bond acceptors (Lipinski definition) is 7. The fourth-order valence-electron chi connectivity index (χ4n) is 2.74. The van der Waals surface area contributed by atoms with Crippen molar-refractivity contribution in [2.45, 2.75) is 19.6 Å². The van der Waals surface area contributed by atoms with Gasteiger partial charge in [0.2, 0.25) is 0 Å². The first-order valence-corrected chi connectivity index (χ1v) is 8.65. The fraction of sp³-hybridized carbons (Fsp3) is 0.190. The molecule has 0 saturated carbocycles. The molecule has 150 valence electrons. The first-order valence-electron chi connectivity index (χ1n) is 8.65. The Morgan fingerprint density at radius 3 is 2.17 bits per heavy atom. The number of hydrogen-bond donors (Lipinski definition) is 2. The highest BCUT2D eigenvalue weighted by Crippen LogP contribution is 2.28. The molecule has 0 unspecified atom stereocenters. The number of ether oxygens (including phenoxy) is 3. The standard InChI is InChI=1S/C21H19NO7/c1-21(2)28-19(25)16(20(26)29-21)11-22-17-10-13(6-9-15(17)18(23)24)12-4-7-14(27-3)8-5-12/h4-11,22H,1-3H3,(H,23,24). The maximum atomic E-state index is 12.0. The minimum absolute atomic E-state index is 0.0306. The van der Waals surface area contributed by atoms with Crippen LogP contribution in [0.4, 0.5) is 5.69 Å². The maximum Gasteiger partial charge on any atom is 0.350 e. The van der Waals surface area contributed by atoms with Crippen LogP contribution in [0, 0.1) is 0 Å². The number of rotatable bonds is 5. The highest BCUT2D eigenvalue weighted by Gasteiger charge is 2.39. The first kappa shape index (κ1) is 19.9. The van der Waals surface area contributed by atoms with Crippen molar-refractivity contribution in [3.05, 3.63) is 59.8 Å². The highest BCUT2D eigenvalue weighted by molar-refractivity contribution is 6.15. The molecule has 1 heterocycles. The van der Waals surface area contributed by atoms with E-state index in [0.29, 0.717) is 5.75 Å². The number of methoxy groups -OCH3 is 1. The van der Waals surface area contributed by atoms with Crippen molar-refractivity contribution in [2.24, 2.45) is 0 Å². The Balaban J connectivity index is 1.93. The van der Waals surface area contributed by atoms with Gasteiger partial charge in [0.1, 0.15) is 5.75 Å². The normalized spacial score (nSPS) is 15.2. The minimum atomic E-state index is -1.36. The van der Waals surface area contributed by atoms with Gasteiger partial charge in [-0.25, -0.2) is 14.4 Å². The van der Waals surface area contributed by atoms with Crippen LogP contribution in [0.3, 0.4) is 0 Å². The fourth-order valence-corrected chi connectivity index (χ4v) is 2.74. The lowest BCUT2D eigenvalue weighted by molar-refractivity contribution is -0.222. The molecule has 0 radical (unpaired) electrons. The van der Waals surface area contributed by atoms with Crippen molar-refractivity contribution < 1.29 is 33.7 Å². The average Bonchev–Trinajstić information content (AvgIpc) is 2.66. The molecule has 8 nitrogen and oxygen atoms in total. The molecule has 1 fully saturated rings. The van der Waals surface area contributed by atoms with E-state index in [-0.39, 0.29) is 16.8 Å². The van der Waals surface area contributed by atoms with Crippen molar-refractivity contribution in [3.8, 4) is 16.9 Å². The molecular formula is C21H19NO7. The van der Waals surface area contributed by atoms with Gasteiger partial charge in [0.05, 0.1) is 18.4 Å². The summed E-state index contributed by atoms with van der Waals surface area (Å²) in [6.45, 7) is 2.88. The smallest absolute Gasteiger partial charge is 0.350 e. The van der Waals surface area contributed by atoms with Crippen LogP contribution in [0.25, 0.3) is 11.1 Å². The summed E-state index contributed by atoms with van der Waals surface area (Å²) in [5.74, 6) is -3.55. The summed E-state index contributed by atoms with van der Waals surface area (Å²) >= 11 is 0. The van der Waals surface area contributed by atoms with Gasteiger partial charge in [0.15, 0.2) is 5.57 Å². The van der Waals surface area contributed by atoms with E-state index in [1.165, 1.54) is 19.9 Å². The van der Waals surface area contributed by atoms with Crippen molar-refractivity contribution in [1.82, 2.24) is 0 Å². The van der Waals surface area contributed by atoms with Crippen molar-refractivity contribution in [3.63, 3.8) is 0 Å². The molecule has 29 heavy (non-hydrogen) atoms. The summed E-state index contributed by atoms with van der Waals surface area (Å²) in [6, 6.07) is 11.9. The molecular weight excluding hydrogens is 378 g/mol. The van der Waals surface area contributed by atoms with E-state index in [0.717, 1.165) is 17.3 Å². The lowest BCUT2D eigenvalue weighted by atomic mass is 10.0. The van der Waals surface area contributed by atoms with E-state index < -0.39 is 23.7 Å². The summed E-state index contributed by atoms with van der Waals surface area (Å²) in [6.07, 6.45) is 1.08. The summed E-state index contributed by atoms with van der Waals surface area (Å²) in [7, 11) is 1.56. The van der Waals surface area contributed by atoms with E-state index in [1.807, 2.05) is 12.1 Å². The van der Waals surface area contributed by atoms with Crippen LogP contribution in [0.2, 0.25) is 0 Å². The van der Waals surface area contributed by atoms with Gasteiger partial charge in [-0.3, -0.25) is 0 Å². The molecule has 0 spiro atoms. The lowest BCUT2D eigenvalue weighted by Crippen LogP contribution is -2.42. The minimum Gasteiger partial charge on any atom is -0.497 e. The van der Waals surface area contributed by atoms with Crippen LogP contribution in [0.5, 0.6) is 5.75 Å². The van der Waals surface area contributed by atoms with E-state index in [2.05, 4.69) is 5.32 Å². The number of anilines is 1. The Hall–Kier alpha value is -3.81. The van der Waals surface area contributed by atoms with Crippen LogP contribution < -0.4 is 10.1 Å². The zero-order valence-corrected chi connectivity index (χ0v) is 16.0. The number of benzene rings is 2. The third-order valence-corrected chi connectivity index (χ3v) is 4.16. The molecule has 2 N–H and O–H groups in total. The Morgan fingerprint density at radius 1 is 1.03 bits per heavy atom. The van der Waals surface area contributed by atoms with Gasteiger partial charge in [-0.1, -0.05) is 18.2 Å². The molecule has 2 aromatic carbocycles. The monoisotopic (exact) mass is 397 g/mol. The molecule has 2 aromatic rings. The lowest BCUT2D eigenvalue weighted by Gasteiger charge is -2.29. The molecule has 1 saturated heterocycles. The molecule has 0 bridgehead atoms. The molecule has 1 aliphatic rings. The number of carbonyl (C=O) groups excluding carboxylic acids is 2. The zero-order valence-electron chi connectivity index (χ0n) is 16.0. The number of aromatic carboxylic acids is 1. The van der Waals surface area contributed by atoms with E-state index in [1.54, 1.807) is 31.4 Å². The number of carboxylic acid groups (broad SMARTS) is 1.